The summed E-state index contributed by atoms with van der Waals surface area (Å²) in [4.78, 5) is 10.5. The number of rotatable bonds is 5. The Labute approximate surface area is 80.7 Å². The molecule has 0 fully saturated rings. The second kappa shape index (κ2) is 5.05. The summed E-state index contributed by atoms with van der Waals surface area (Å²) in [6, 6.07) is 0. The molecule has 0 saturated heterocycles. The van der Waals surface area contributed by atoms with Gasteiger partial charge in [-0.05, 0) is 37.2 Å². The van der Waals surface area contributed by atoms with Crippen LogP contribution in [0.25, 0.3) is 0 Å². The van der Waals surface area contributed by atoms with Crippen LogP contribution in [0.15, 0.2) is 11.6 Å². The summed E-state index contributed by atoms with van der Waals surface area (Å²) >= 11 is 0. The molecule has 0 spiro atoms. The van der Waals surface area contributed by atoms with Crippen molar-refractivity contribution in [3.8, 4) is 0 Å². The summed E-state index contributed by atoms with van der Waals surface area (Å²) in [6.07, 6.45) is 4.78. The molecule has 0 amide bonds. The van der Waals surface area contributed by atoms with Gasteiger partial charge in [0.1, 0.15) is 0 Å². The number of hydrogen-bond acceptors (Lipinski definition) is 2. The van der Waals surface area contributed by atoms with Crippen LogP contribution in [0, 0.1) is 5.41 Å². The van der Waals surface area contributed by atoms with E-state index < -0.39 is 5.97 Å². The van der Waals surface area contributed by atoms with Crippen molar-refractivity contribution in [3.05, 3.63) is 11.6 Å². The minimum absolute atomic E-state index is 0.0458. The topological polar surface area (TPSA) is 40.1 Å². The smallest absolute Gasteiger partial charge is 0.0669 e. The average molecular weight is 183 g/mol. The minimum atomic E-state index is -1.06. The van der Waals surface area contributed by atoms with E-state index in [9.17, 15) is 9.90 Å². The van der Waals surface area contributed by atoms with E-state index in [1.165, 1.54) is 0 Å². The van der Waals surface area contributed by atoms with E-state index in [0.717, 1.165) is 19.3 Å². The van der Waals surface area contributed by atoms with E-state index in [-0.39, 0.29) is 5.41 Å². The van der Waals surface area contributed by atoms with Gasteiger partial charge in [-0.3, -0.25) is 0 Å². The summed E-state index contributed by atoms with van der Waals surface area (Å²) in [5.41, 5.74) is 0.398. The lowest BCUT2D eigenvalue weighted by molar-refractivity contribution is -0.299. The molecule has 0 heterocycles. The maximum Gasteiger partial charge on any atom is 0.0669 e. The van der Waals surface area contributed by atoms with Crippen molar-refractivity contribution in [1.29, 1.82) is 0 Å². The van der Waals surface area contributed by atoms with Gasteiger partial charge in [0, 0.05) is 0 Å². The van der Waals surface area contributed by atoms with Crippen LogP contribution in [-0.4, -0.2) is 5.97 Å². The molecule has 0 rings (SSSR count). The summed E-state index contributed by atoms with van der Waals surface area (Å²) in [6.45, 7) is 7.87. The monoisotopic (exact) mass is 183 g/mol. The number of carbonyl (C=O) groups is 1. The maximum absolute atomic E-state index is 10.5. The van der Waals surface area contributed by atoms with Crippen LogP contribution in [-0.2, 0) is 4.79 Å². The lowest BCUT2D eigenvalue weighted by atomic mass is 9.78. The number of carbonyl (C=O) groups excluding carboxylic acids is 1. The average Bonchev–Trinajstić information content (AvgIpc) is 2.14. The van der Waals surface area contributed by atoms with Gasteiger partial charge in [-0.2, -0.15) is 0 Å². The van der Waals surface area contributed by atoms with Gasteiger partial charge in [-0.15, -0.1) is 0 Å². The number of hydrogen-bond donors (Lipinski definition) is 0. The van der Waals surface area contributed by atoms with Crippen LogP contribution in [0.2, 0.25) is 0 Å². The number of carboxylic acids is 1. The van der Waals surface area contributed by atoms with Crippen molar-refractivity contribution in [1.82, 2.24) is 0 Å². The fraction of sp³-hybridized carbons (Fsp3) is 0.727. The molecule has 76 valence electrons. The van der Waals surface area contributed by atoms with E-state index in [1.807, 2.05) is 6.08 Å². The standard InChI is InChI=1S/C11H20O2/c1-5-11(6-2,7-3)8-9(4)10(12)13/h8H,5-7H2,1-4H3,(H,12,13)/p-1/b9-8+. The number of carboxylic acid groups (broad SMARTS) is 1. The molecule has 0 N–H and O–H groups in total. The van der Waals surface area contributed by atoms with Gasteiger partial charge in [0.2, 0.25) is 0 Å². The van der Waals surface area contributed by atoms with Gasteiger partial charge < -0.3 is 9.90 Å². The molecule has 13 heavy (non-hydrogen) atoms. The molecule has 0 radical (unpaired) electrons. The highest BCUT2D eigenvalue weighted by atomic mass is 16.4. The quantitative estimate of drug-likeness (QED) is 0.611. The molecule has 0 aromatic carbocycles. The fourth-order valence-electron chi connectivity index (χ4n) is 1.57. The molecular formula is C11H19O2-. The van der Waals surface area contributed by atoms with Crippen molar-refractivity contribution >= 4 is 5.97 Å². The van der Waals surface area contributed by atoms with Crippen molar-refractivity contribution in [3.63, 3.8) is 0 Å². The first-order valence-corrected chi connectivity index (χ1v) is 4.92. The molecule has 0 saturated carbocycles. The van der Waals surface area contributed by atoms with E-state index in [4.69, 9.17) is 0 Å². The van der Waals surface area contributed by atoms with Gasteiger partial charge in [0.25, 0.3) is 0 Å². The maximum atomic E-state index is 10.5. The molecule has 0 bridgehead atoms. The third kappa shape index (κ3) is 3.21. The van der Waals surface area contributed by atoms with Crippen LogP contribution in [0.1, 0.15) is 47.0 Å². The normalized spacial score (nSPS) is 13.1. The van der Waals surface area contributed by atoms with Crippen LogP contribution in [0.5, 0.6) is 0 Å². The van der Waals surface area contributed by atoms with Gasteiger partial charge in [0.15, 0.2) is 0 Å². The lowest BCUT2D eigenvalue weighted by Gasteiger charge is -2.27. The molecule has 0 unspecified atom stereocenters. The second-order valence-electron chi connectivity index (χ2n) is 3.54. The van der Waals surface area contributed by atoms with E-state index in [1.54, 1.807) is 6.92 Å². The first kappa shape index (κ1) is 12.2. The SMILES string of the molecule is CCC(/C=C(\C)C(=O)[O-])(CC)CC. The summed E-state index contributed by atoms with van der Waals surface area (Å²) in [7, 11) is 0. The Kier molecular flexibility index (Phi) is 4.74. The van der Waals surface area contributed by atoms with Crippen LogP contribution in [0.4, 0.5) is 0 Å². The molecular weight excluding hydrogens is 164 g/mol. The first-order chi connectivity index (χ1) is 6.01. The first-order valence-electron chi connectivity index (χ1n) is 4.92. The lowest BCUT2D eigenvalue weighted by Crippen LogP contribution is -2.25. The molecule has 2 heteroatoms. The Morgan fingerprint density at radius 1 is 1.23 bits per heavy atom. The van der Waals surface area contributed by atoms with Gasteiger partial charge in [-0.25, -0.2) is 0 Å². The van der Waals surface area contributed by atoms with Gasteiger partial charge in [0.05, 0.1) is 5.97 Å². The van der Waals surface area contributed by atoms with Crippen molar-refractivity contribution in [2.75, 3.05) is 0 Å². The molecule has 0 aromatic heterocycles. The summed E-state index contributed by atoms with van der Waals surface area (Å²) in [5, 5.41) is 10.5. The highest BCUT2D eigenvalue weighted by Crippen LogP contribution is 2.32. The number of allylic oxidation sites excluding steroid dienone is 1. The Balaban J connectivity index is 4.76. The zero-order valence-electron chi connectivity index (χ0n) is 9.02. The van der Waals surface area contributed by atoms with Crippen LogP contribution < -0.4 is 5.11 Å². The highest BCUT2D eigenvalue weighted by Gasteiger charge is 2.20. The fourth-order valence-corrected chi connectivity index (χ4v) is 1.57. The Morgan fingerprint density at radius 3 is 1.85 bits per heavy atom. The summed E-state index contributed by atoms with van der Waals surface area (Å²) in [5.74, 6) is -1.06. The van der Waals surface area contributed by atoms with Crippen molar-refractivity contribution in [2.24, 2.45) is 5.41 Å². The van der Waals surface area contributed by atoms with Gasteiger partial charge in [-0.1, -0.05) is 26.8 Å². The second-order valence-corrected chi connectivity index (χ2v) is 3.54. The van der Waals surface area contributed by atoms with E-state index in [0.29, 0.717) is 5.57 Å². The number of aliphatic carboxylic acids is 1. The zero-order valence-corrected chi connectivity index (χ0v) is 9.02. The summed E-state index contributed by atoms with van der Waals surface area (Å²) < 4.78 is 0. The predicted molar refractivity (Wildman–Crippen MR) is 52.1 cm³/mol. The van der Waals surface area contributed by atoms with E-state index in [2.05, 4.69) is 20.8 Å². The van der Waals surface area contributed by atoms with Gasteiger partial charge >= 0.3 is 0 Å². The zero-order chi connectivity index (χ0) is 10.5. The predicted octanol–water partition coefficient (Wildman–Crippen LogP) is 1.90. The molecule has 0 aromatic rings. The Bertz CT molecular complexity index is 192. The Hall–Kier alpha value is -0.790. The molecule has 0 atom stereocenters. The van der Waals surface area contributed by atoms with Crippen LogP contribution in [0.3, 0.4) is 0 Å². The van der Waals surface area contributed by atoms with Crippen molar-refractivity contribution < 1.29 is 9.90 Å². The largest absolute Gasteiger partial charge is 0.545 e. The third-order valence-electron chi connectivity index (χ3n) is 2.96. The molecule has 0 aliphatic rings. The molecule has 0 aliphatic heterocycles. The third-order valence-corrected chi connectivity index (χ3v) is 2.96. The molecule has 2 nitrogen and oxygen atoms in total. The Morgan fingerprint density at radius 2 is 1.62 bits per heavy atom. The van der Waals surface area contributed by atoms with Crippen LogP contribution >= 0.6 is 0 Å². The van der Waals surface area contributed by atoms with Crippen molar-refractivity contribution in [2.45, 2.75) is 47.0 Å². The minimum Gasteiger partial charge on any atom is -0.545 e. The highest BCUT2D eigenvalue weighted by molar-refractivity contribution is 5.83. The van der Waals surface area contributed by atoms with E-state index >= 15 is 0 Å². The molecule has 0 aliphatic carbocycles.